The molecular formula is C28H34N6O3. The number of nitrogens with one attached hydrogen (secondary N) is 1. The lowest BCUT2D eigenvalue weighted by Gasteiger charge is -2.46. The van der Waals surface area contributed by atoms with Gasteiger partial charge in [0, 0.05) is 39.5 Å². The molecule has 0 unspecified atom stereocenters. The van der Waals surface area contributed by atoms with E-state index in [1.165, 1.54) is 9.80 Å². The van der Waals surface area contributed by atoms with Crippen molar-refractivity contribution in [3.63, 3.8) is 0 Å². The van der Waals surface area contributed by atoms with E-state index in [2.05, 4.69) is 15.3 Å². The van der Waals surface area contributed by atoms with E-state index in [0.717, 1.165) is 23.2 Å². The molecule has 37 heavy (non-hydrogen) atoms. The quantitative estimate of drug-likeness (QED) is 0.451. The number of hydrogen-bond donors (Lipinski definition) is 1. The zero-order valence-electron chi connectivity index (χ0n) is 22.0. The summed E-state index contributed by atoms with van der Waals surface area (Å²) in [6.07, 6.45) is 4.58. The molecule has 0 radical (unpaired) electrons. The molecule has 0 spiro atoms. The van der Waals surface area contributed by atoms with E-state index in [9.17, 15) is 14.4 Å². The summed E-state index contributed by atoms with van der Waals surface area (Å²) in [6, 6.07) is 12.7. The zero-order chi connectivity index (χ0) is 26.7. The molecule has 194 valence electrons. The normalized spacial score (nSPS) is 17.8. The first-order valence-electron chi connectivity index (χ1n) is 12.5. The van der Waals surface area contributed by atoms with Crippen LogP contribution in [0, 0.1) is 12.8 Å². The van der Waals surface area contributed by atoms with Crippen molar-refractivity contribution in [1.29, 1.82) is 0 Å². The second-order valence-corrected chi connectivity index (χ2v) is 9.62. The number of imide groups is 1. The van der Waals surface area contributed by atoms with E-state index in [-0.39, 0.29) is 30.1 Å². The van der Waals surface area contributed by atoms with Crippen LogP contribution < -0.4 is 10.2 Å². The number of carbonyl (C=O) groups excluding carboxylic acids is 3. The van der Waals surface area contributed by atoms with Crippen LogP contribution in [-0.2, 0) is 27.9 Å². The lowest BCUT2D eigenvalue weighted by atomic mass is 9.80. The van der Waals surface area contributed by atoms with Gasteiger partial charge in [-0.25, -0.2) is 9.97 Å². The van der Waals surface area contributed by atoms with Crippen LogP contribution in [0.4, 0.5) is 11.6 Å². The van der Waals surface area contributed by atoms with E-state index in [0.29, 0.717) is 18.1 Å². The molecule has 3 aromatic rings. The fourth-order valence-electron chi connectivity index (χ4n) is 4.96. The number of likely N-dealkylation sites (tertiary alicyclic amines) is 1. The van der Waals surface area contributed by atoms with Crippen LogP contribution in [-0.4, -0.2) is 57.3 Å². The molecule has 0 saturated carbocycles. The van der Waals surface area contributed by atoms with Gasteiger partial charge in [0.1, 0.15) is 11.9 Å². The van der Waals surface area contributed by atoms with Gasteiger partial charge in [0.25, 0.3) is 5.91 Å². The molecule has 0 aliphatic carbocycles. The lowest BCUT2D eigenvalue weighted by Crippen LogP contribution is -2.69. The monoisotopic (exact) mass is 502 g/mol. The molecule has 1 saturated heterocycles. The maximum absolute atomic E-state index is 13.7. The van der Waals surface area contributed by atoms with Gasteiger partial charge in [0.05, 0.1) is 12.2 Å². The smallest absolute Gasteiger partial charge is 0.252 e. The van der Waals surface area contributed by atoms with Gasteiger partial charge < -0.3 is 9.88 Å². The minimum absolute atomic E-state index is 0.0362. The average Bonchev–Trinajstić information content (AvgIpc) is 3.34. The largest absolute Gasteiger partial charge is 0.373 e. The van der Waals surface area contributed by atoms with Crippen LogP contribution in [0.1, 0.15) is 42.5 Å². The van der Waals surface area contributed by atoms with Crippen molar-refractivity contribution in [3.05, 3.63) is 71.8 Å². The Hall–Kier alpha value is -4.01. The van der Waals surface area contributed by atoms with Crippen LogP contribution in [0.2, 0.25) is 0 Å². The SMILES string of the molecule is CC[C@@H](CC(=O)N1C(=O)[C@H](Cc2cc(C)nc(NC)c2)[C@H]1C(=O)N(C)c1cn(C)cn1)c1ccccc1. The van der Waals surface area contributed by atoms with Crippen molar-refractivity contribution in [2.24, 2.45) is 13.0 Å². The van der Waals surface area contributed by atoms with Gasteiger partial charge in [-0.1, -0.05) is 37.3 Å². The van der Waals surface area contributed by atoms with Crippen LogP contribution in [0.25, 0.3) is 0 Å². The number of benzene rings is 1. The fourth-order valence-corrected chi connectivity index (χ4v) is 4.96. The third kappa shape index (κ3) is 5.40. The molecule has 3 heterocycles. The highest BCUT2D eigenvalue weighted by Gasteiger charge is 2.55. The molecule has 3 amide bonds. The van der Waals surface area contributed by atoms with Gasteiger partial charge in [-0.05, 0) is 48.9 Å². The molecule has 1 aliphatic heterocycles. The molecule has 4 rings (SSSR count). The van der Waals surface area contributed by atoms with Crippen LogP contribution >= 0.6 is 0 Å². The first-order chi connectivity index (χ1) is 17.7. The molecular weight excluding hydrogens is 468 g/mol. The number of anilines is 2. The number of β-lactam (4-membered cyclic amide) rings is 1. The number of hydrogen-bond acceptors (Lipinski definition) is 6. The molecule has 1 fully saturated rings. The topological polar surface area (TPSA) is 100 Å². The van der Waals surface area contributed by atoms with Crippen LogP contribution in [0.3, 0.4) is 0 Å². The molecule has 0 bridgehead atoms. The van der Waals surface area contributed by atoms with Crippen molar-refractivity contribution in [3.8, 4) is 0 Å². The van der Waals surface area contributed by atoms with Crippen molar-refractivity contribution in [2.75, 3.05) is 24.3 Å². The number of aromatic nitrogens is 3. The highest BCUT2D eigenvalue weighted by Crippen LogP contribution is 2.35. The zero-order valence-corrected chi connectivity index (χ0v) is 22.0. The molecule has 1 aliphatic rings. The average molecular weight is 503 g/mol. The number of imidazole rings is 1. The molecule has 1 N–H and O–H groups in total. The Kier molecular flexibility index (Phi) is 7.71. The highest BCUT2D eigenvalue weighted by molar-refractivity contribution is 6.12. The van der Waals surface area contributed by atoms with Gasteiger partial charge in [0.15, 0.2) is 5.82 Å². The number of nitrogens with zero attached hydrogens (tertiary/aromatic N) is 5. The van der Waals surface area contributed by atoms with E-state index < -0.39 is 12.0 Å². The first kappa shape index (κ1) is 26.1. The summed E-state index contributed by atoms with van der Waals surface area (Å²) in [4.78, 5) is 51.9. The summed E-state index contributed by atoms with van der Waals surface area (Å²) in [5.41, 5.74) is 2.74. The Morgan fingerprint density at radius 3 is 2.54 bits per heavy atom. The molecule has 1 aromatic carbocycles. The Morgan fingerprint density at radius 2 is 1.92 bits per heavy atom. The Bertz CT molecular complexity index is 1290. The summed E-state index contributed by atoms with van der Waals surface area (Å²) >= 11 is 0. The lowest BCUT2D eigenvalue weighted by molar-refractivity contribution is -0.170. The number of likely N-dealkylation sites (N-methyl/N-ethyl adjacent to an activating group) is 1. The van der Waals surface area contributed by atoms with Crippen molar-refractivity contribution in [2.45, 2.75) is 45.1 Å². The predicted octanol–water partition coefficient (Wildman–Crippen LogP) is 3.31. The molecule has 9 nitrogen and oxygen atoms in total. The summed E-state index contributed by atoms with van der Waals surface area (Å²) in [7, 11) is 5.23. The van der Waals surface area contributed by atoms with Crippen molar-refractivity contribution >= 4 is 29.4 Å². The summed E-state index contributed by atoms with van der Waals surface area (Å²) in [5, 5.41) is 3.03. The standard InChI is InChI=1S/C28H34N6O3/c1-6-20(21-10-8-7-9-11-21)15-25(35)34-26(28(37)33(5)24-16-32(4)17-30-24)22(27(34)36)13-19-12-18(2)31-23(14-19)29-3/h7-12,14,16-17,20,22,26H,6,13,15H2,1-5H3,(H,29,31)/t20-,22+,26-/m0/s1. The van der Waals surface area contributed by atoms with Gasteiger partial charge in [-0.2, -0.15) is 0 Å². The van der Waals surface area contributed by atoms with Gasteiger partial charge in [-0.3, -0.25) is 24.2 Å². The number of aryl methyl sites for hydroxylation is 2. The maximum Gasteiger partial charge on any atom is 0.252 e. The number of amides is 3. The molecule has 3 atom stereocenters. The van der Waals surface area contributed by atoms with E-state index in [1.54, 1.807) is 31.2 Å². The minimum Gasteiger partial charge on any atom is -0.373 e. The second-order valence-electron chi connectivity index (χ2n) is 9.62. The summed E-state index contributed by atoms with van der Waals surface area (Å²) in [5.74, 6) is -0.503. The van der Waals surface area contributed by atoms with E-state index in [1.807, 2.05) is 63.4 Å². The minimum atomic E-state index is -0.896. The van der Waals surface area contributed by atoms with Gasteiger partial charge in [0.2, 0.25) is 11.8 Å². The highest BCUT2D eigenvalue weighted by atomic mass is 16.2. The fraction of sp³-hybridized carbons (Fsp3) is 0.393. The number of pyridine rings is 1. The van der Waals surface area contributed by atoms with Gasteiger partial charge >= 0.3 is 0 Å². The predicted molar refractivity (Wildman–Crippen MR) is 142 cm³/mol. The second kappa shape index (κ2) is 10.9. The number of carbonyl (C=O) groups is 3. The molecule has 2 aromatic heterocycles. The van der Waals surface area contributed by atoms with Gasteiger partial charge in [-0.15, -0.1) is 0 Å². The Labute approximate surface area is 217 Å². The summed E-state index contributed by atoms with van der Waals surface area (Å²) in [6.45, 7) is 3.91. The number of rotatable bonds is 9. The summed E-state index contributed by atoms with van der Waals surface area (Å²) < 4.78 is 1.75. The van der Waals surface area contributed by atoms with Crippen LogP contribution in [0.5, 0.6) is 0 Å². The van der Waals surface area contributed by atoms with Crippen molar-refractivity contribution in [1.82, 2.24) is 19.4 Å². The Balaban J connectivity index is 1.61. The Morgan fingerprint density at radius 1 is 1.19 bits per heavy atom. The third-order valence-electron chi connectivity index (χ3n) is 7.01. The third-order valence-corrected chi connectivity index (χ3v) is 7.01. The molecule has 9 heteroatoms. The van der Waals surface area contributed by atoms with E-state index in [4.69, 9.17) is 0 Å². The van der Waals surface area contributed by atoms with Crippen LogP contribution in [0.15, 0.2) is 55.0 Å². The maximum atomic E-state index is 13.7. The van der Waals surface area contributed by atoms with E-state index >= 15 is 0 Å². The first-order valence-corrected chi connectivity index (χ1v) is 12.5. The van der Waals surface area contributed by atoms with Crippen molar-refractivity contribution < 1.29 is 14.4 Å².